The first kappa shape index (κ1) is 13.5. The highest BCUT2D eigenvalue weighted by atomic mass is 16.3. The number of rotatable bonds is 2. The van der Waals surface area contributed by atoms with Crippen LogP contribution in [0.1, 0.15) is 42.6 Å². The monoisotopic (exact) mass is 275 g/mol. The molecule has 108 valence electrons. The molecule has 2 heterocycles. The molecule has 5 heteroatoms. The molecule has 3 rings (SSSR count). The van der Waals surface area contributed by atoms with E-state index in [1.807, 2.05) is 11.8 Å². The van der Waals surface area contributed by atoms with Gasteiger partial charge in [0, 0.05) is 30.9 Å². The third kappa shape index (κ3) is 2.54. The molecule has 20 heavy (non-hydrogen) atoms. The summed E-state index contributed by atoms with van der Waals surface area (Å²) in [5, 5.41) is 10.1. The molecule has 0 saturated heterocycles. The SMILES string of the molecule is Cc1ncnc2c1CCN(C(=O)CC1(O)CCC1)CC2. The first-order valence-electron chi connectivity index (χ1n) is 7.37. The van der Waals surface area contributed by atoms with Crippen LogP contribution in [-0.4, -0.2) is 44.6 Å². The summed E-state index contributed by atoms with van der Waals surface area (Å²) < 4.78 is 0. The number of aromatic nitrogens is 2. The van der Waals surface area contributed by atoms with Crippen molar-refractivity contribution in [1.29, 1.82) is 0 Å². The molecule has 1 amide bonds. The highest BCUT2D eigenvalue weighted by Crippen LogP contribution is 2.35. The first-order valence-corrected chi connectivity index (χ1v) is 7.37. The van der Waals surface area contributed by atoms with Gasteiger partial charge in [-0.05, 0) is 38.2 Å². The van der Waals surface area contributed by atoms with Crippen LogP contribution in [0.4, 0.5) is 0 Å². The Balaban J connectivity index is 1.67. The van der Waals surface area contributed by atoms with Crippen molar-refractivity contribution in [3.05, 3.63) is 23.3 Å². The minimum absolute atomic E-state index is 0.0746. The van der Waals surface area contributed by atoms with Gasteiger partial charge in [-0.15, -0.1) is 0 Å². The molecule has 1 fully saturated rings. The summed E-state index contributed by atoms with van der Waals surface area (Å²) in [4.78, 5) is 22.8. The van der Waals surface area contributed by atoms with Crippen molar-refractivity contribution in [3.63, 3.8) is 0 Å². The zero-order valence-electron chi connectivity index (χ0n) is 11.9. The van der Waals surface area contributed by atoms with E-state index in [0.717, 1.165) is 43.5 Å². The maximum absolute atomic E-state index is 12.3. The number of hydrogen-bond donors (Lipinski definition) is 1. The molecule has 0 radical (unpaired) electrons. The number of carbonyl (C=O) groups excluding carboxylic acids is 1. The molecular weight excluding hydrogens is 254 g/mol. The number of aryl methyl sites for hydroxylation is 1. The van der Waals surface area contributed by atoms with E-state index in [2.05, 4.69) is 9.97 Å². The Labute approximate surface area is 119 Å². The predicted molar refractivity (Wildman–Crippen MR) is 74.2 cm³/mol. The van der Waals surface area contributed by atoms with Crippen LogP contribution in [0.3, 0.4) is 0 Å². The highest BCUT2D eigenvalue weighted by Gasteiger charge is 2.37. The average Bonchev–Trinajstić information content (AvgIpc) is 2.60. The van der Waals surface area contributed by atoms with Gasteiger partial charge in [-0.25, -0.2) is 9.97 Å². The van der Waals surface area contributed by atoms with Crippen molar-refractivity contribution in [2.75, 3.05) is 13.1 Å². The molecule has 0 unspecified atom stereocenters. The van der Waals surface area contributed by atoms with Crippen LogP contribution in [0.15, 0.2) is 6.33 Å². The Bertz CT molecular complexity index is 526. The fourth-order valence-electron chi connectivity index (χ4n) is 3.09. The van der Waals surface area contributed by atoms with Gasteiger partial charge in [-0.1, -0.05) is 0 Å². The summed E-state index contributed by atoms with van der Waals surface area (Å²) in [6.07, 6.45) is 6.02. The molecule has 1 aliphatic heterocycles. The molecule has 1 N–H and O–H groups in total. The minimum atomic E-state index is -0.730. The van der Waals surface area contributed by atoms with Crippen LogP contribution in [0.25, 0.3) is 0 Å². The zero-order valence-corrected chi connectivity index (χ0v) is 11.9. The lowest BCUT2D eigenvalue weighted by Gasteiger charge is -2.37. The molecule has 1 aliphatic carbocycles. The van der Waals surface area contributed by atoms with Gasteiger partial charge in [0.25, 0.3) is 0 Å². The molecular formula is C15H21N3O2. The van der Waals surface area contributed by atoms with Gasteiger partial charge in [-0.2, -0.15) is 0 Å². The van der Waals surface area contributed by atoms with Crippen molar-refractivity contribution < 1.29 is 9.90 Å². The molecule has 0 bridgehead atoms. The average molecular weight is 275 g/mol. The van der Waals surface area contributed by atoms with Gasteiger partial charge in [0.2, 0.25) is 5.91 Å². The fourth-order valence-corrected chi connectivity index (χ4v) is 3.09. The van der Waals surface area contributed by atoms with E-state index in [-0.39, 0.29) is 12.3 Å². The predicted octanol–water partition coefficient (Wildman–Crippen LogP) is 1.02. The van der Waals surface area contributed by atoms with Crippen molar-refractivity contribution in [2.45, 2.75) is 51.0 Å². The number of carbonyl (C=O) groups is 1. The van der Waals surface area contributed by atoms with Crippen LogP contribution in [0.2, 0.25) is 0 Å². The van der Waals surface area contributed by atoms with Crippen LogP contribution in [0, 0.1) is 6.92 Å². The Morgan fingerprint density at radius 1 is 1.35 bits per heavy atom. The second-order valence-corrected chi connectivity index (χ2v) is 6.02. The lowest BCUT2D eigenvalue weighted by Crippen LogP contribution is -2.44. The Morgan fingerprint density at radius 3 is 2.80 bits per heavy atom. The summed E-state index contributed by atoms with van der Waals surface area (Å²) >= 11 is 0. The van der Waals surface area contributed by atoms with E-state index < -0.39 is 5.60 Å². The lowest BCUT2D eigenvalue weighted by atomic mass is 9.77. The van der Waals surface area contributed by atoms with E-state index in [9.17, 15) is 9.90 Å². The van der Waals surface area contributed by atoms with E-state index in [0.29, 0.717) is 13.1 Å². The van der Waals surface area contributed by atoms with Gasteiger partial charge < -0.3 is 10.0 Å². The Hall–Kier alpha value is -1.49. The van der Waals surface area contributed by atoms with Gasteiger partial charge >= 0.3 is 0 Å². The highest BCUT2D eigenvalue weighted by molar-refractivity contribution is 5.77. The van der Waals surface area contributed by atoms with Gasteiger partial charge in [0.1, 0.15) is 6.33 Å². The normalized spacial score (nSPS) is 20.8. The van der Waals surface area contributed by atoms with Gasteiger partial charge in [-0.3, -0.25) is 4.79 Å². The van der Waals surface area contributed by atoms with Crippen LogP contribution < -0.4 is 0 Å². The standard InChI is InChI=1S/C15H21N3O2/c1-11-12-3-7-18(8-4-13(12)17-10-16-11)14(19)9-15(20)5-2-6-15/h10,20H,2-9H2,1H3. The van der Waals surface area contributed by atoms with Crippen molar-refractivity contribution in [1.82, 2.24) is 14.9 Å². The largest absolute Gasteiger partial charge is 0.389 e. The second kappa shape index (κ2) is 5.13. The zero-order chi connectivity index (χ0) is 14.2. The maximum atomic E-state index is 12.3. The summed E-state index contributed by atoms with van der Waals surface area (Å²) in [6.45, 7) is 3.39. The molecule has 0 atom stereocenters. The Kier molecular flexibility index (Phi) is 3.46. The van der Waals surface area contributed by atoms with Gasteiger partial charge in [0.05, 0.1) is 12.0 Å². The van der Waals surface area contributed by atoms with Crippen LogP contribution >= 0.6 is 0 Å². The summed E-state index contributed by atoms with van der Waals surface area (Å²) in [7, 11) is 0. The topological polar surface area (TPSA) is 66.3 Å². The molecule has 1 saturated carbocycles. The van der Waals surface area contributed by atoms with Crippen LogP contribution in [0.5, 0.6) is 0 Å². The fraction of sp³-hybridized carbons (Fsp3) is 0.667. The number of amides is 1. The van der Waals surface area contributed by atoms with Crippen molar-refractivity contribution in [3.8, 4) is 0 Å². The number of aliphatic hydroxyl groups is 1. The summed E-state index contributed by atoms with van der Waals surface area (Å²) in [6, 6.07) is 0. The molecule has 1 aromatic heterocycles. The van der Waals surface area contributed by atoms with Crippen molar-refractivity contribution in [2.24, 2.45) is 0 Å². The minimum Gasteiger partial charge on any atom is -0.389 e. The number of fused-ring (bicyclic) bond motifs is 1. The Morgan fingerprint density at radius 2 is 2.10 bits per heavy atom. The molecule has 1 aromatic rings. The van der Waals surface area contributed by atoms with E-state index >= 15 is 0 Å². The van der Waals surface area contributed by atoms with E-state index in [1.54, 1.807) is 6.33 Å². The third-order valence-electron chi connectivity index (χ3n) is 4.62. The van der Waals surface area contributed by atoms with Crippen LogP contribution in [-0.2, 0) is 17.6 Å². The quantitative estimate of drug-likeness (QED) is 0.875. The summed E-state index contributed by atoms with van der Waals surface area (Å²) in [5.74, 6) is 0.0746. The summed E-state index contributed by atoms with van der Waals surface area (Å²) in [5.41, 5.74) is 2.54. The molecule has 0 spiro atoms. The number of nitrogens with zero attached hydrogens (tertiary/aromatic N) is 3. The first-order chi connectivity index (χ1) is 9.57. The third-order valence-corrected chi connectivity index (χ3v) is 4.62. The number of hydrogen-bond acceptors (Lipinski definition) is 4. The lowest BCUT2D eigenvalue weighted by molar-refractivity contribution is -0.140. The van der Waals surface area contributed by atoms with E-state index in [4.69, 9.17) is 0 Å². The molecule has 0 aromatic carbocycles. The van der Waals surface area contributed by atoms with E-state index in [1.165, 1.54) is 5.56 Å². The maximum Gasteiger partial charge on any atom is 0.225 e. The van der Waals surface area contributed by atoms with Gasteiger partial charge in [0.15, 0.2) is 0 Å². The molecule has 2 aliphatic rings. The van der Waals surface area contributed by atoms with Crippen molar-refractivity contribution >= 4 is 5.91 Å². The second-order valence-electron chi connectivity index (χ2n) is 6.02. The smallest absolute Gasteiger partial charge is 0.225 e. The molecule has 5 nitrogen and oxygen atoms in total.